The Labute approximate surface area is 220 Å². The average molecular weight is 526 g/mol. The molecule has 1 aliphatic rings. The van der Waals surface area contributed by atoms with Crippen molar-refractivity contribution in [2.75, 3.05) is 29.0 Å². The van der Waals surface area contributed by atoms with E-state index in [4.69, 9.17) is 0 Å². The Morgan fingerprint density at radius 1 is 0.919 bits per heavy atom. The highest BCUT2D eigenvalue weighted by molar-refractivity contribution is 7.89. The molecule has 0 radical (unpaired) electrons. The summed E-state index contributed by atoms with van der Waals surface area (Å²) in [7, 11) is -3.62. The van der Waals surface area contributed by atoms with E-state index in [0.29, 0.717) is 28.7 Å². The molecule has 0 unspecified atom stereocenters. The van der Waals surface area contributed by atoms with Gasteiger partial charge in [0.05, 0.1) is 4.90 Å². The van der Waals surface area contributed by atoms with Crippen LogP contribution in [0.4, 0.5) is 17.8 Å². The molecule has 9 nitrogen and oxygen atoms in total. The van der Waals surface area contributed by atoms with E-state index in [1.807, 2.05) is 57.2 Å². The SMILES string of the molecule is CCCNc1nc(NCC2CCC(NS(=O)(=O)c3c(C)ccc4ccccc34)CC2)nc(NC(C)C)n1. The Hall–Kier alpha value is -2.98. The van der Waals surface area contributed by atoms with Crippen molar-refractivity contribution in [3.8, 4) is 0 Å². The molecule has 0 amide bonds. The topological polar surface area (TPSA) is 121 Å². The van der Waals surface area contributed by atoms with Crippen molar-refractivity contribution < 1.29 is 8.42 Å². The van der Waals surface area contributed by atoms with Crippen LogP contribution in [0.1, 0.15) is 58.4 Å². The molecule has 2 aromatic carbocycles. The summed E-state index contributed by atoms with van der Waals surface area (Å²) in [5.74, 6) is 2.08. The first-order valence-electron chi connectivity index (χ1n) is 13.3. The van der Waals surface area contributed by atoms with Gasteiger partial charge in [0, 0.05) is 30.6 Å². The molecule has 0 bridgehead atoms. The molecule has 1 saturated carbocycles. The Morgan fingerprint density at radius 3 is 2.30 bits per heavy atom. The zero-order chi connectivity index (χ0) is 26.4. The summed E-state index contributed by atoms with van der Waals surface area (Å²) < 4.78 is 29.8. The Morgan fingerprint density at radius 2 is 1.59 bits per heavy atom. The third-order valence-electron chi connectivity index (χ3n) is 6.65. The second-order valence-corrected chi connectivity index (χ2v) is 11.8. The van der Waals surface area contributed by atoms with Crippen molar-refractivity contribution in [3.63, 3.8) is 0 Å². The predicted octanol–water partition coefficient (Wildman–Crippen LogP) is 4.92. The molecule has 1 fully saturated rings. The Bertz CT molecular complexity index is 1310. The molecule has 0 atom stereocenters. The first-order chi connectivity index (χ1) is 17.7. The maximum absolute atomic E-state index is 13.4. The van der Waals surface area contributed by atoms with Crippen molar-refractivity contribution >= 4 is 38.6 Å². The van der Waals surface area contributed by atoms with Crippen LogP contribution in [-0.4, -0.2) is 48.5 Å². The maximum atomic E-state index is 13.4. The van der Waals surface area contributed by atoms with Gasteiger partial charge >= 0.3 is 0 Å². The minimum Gasteiger partial charge on any atom is -0.354 e. The quantitative estimate of drug-likeness (QED) is 0.278. The molecule has 37 heavy (non-hydrogen) atoms. The zero-order valence-electron chi connectivity index (χ0n) is 22.2. The lowest BCUT2D eigenvalue weighted by Gasteiger charge is -2.29. The lowest BCUT2D eigenvalue weighted by molar-refractivity contribution is 0.323. The predicted molar refractivity (Wildman–Crippen MR) is 151 cm³/mol. The first-order valence-corrected chi connectivity index (χ1v) is 14.7. The zero-order valence-corrected chi connectivity index (χ0v) is 23.0. The van der Waals surface area contributed by atoms with Crippen LogP contribution < -0.4 is 20.7 Å². The van der Waals surface area contributed by atoms with Crippen molar-refractivity contribution in [2.24, 2.45) is 5.92 Å². The van der Waals surface area contributed by atoms with Gasteiger partial charge in [-0.3, -0.25) is 0 Å². The van der Waals surface area contributed by atoms with Crippen LogP contribution in [0.5, 0.6) is 0 Å². The summed E-state index contributed by atoms with van der Waals surface area (Å²) in [6, 6.07) is 11.6. The maximum Gasteiger partial charge on any atom is 0.241 e. The average Bonchev–Trinajstić information content (AvgIpc) is 2.86. The van der Waals surface area contributed by atoms with Crippen molar-refractivity contribution in [1.82, 2.24) is 19.7 Å². The molecule has 4 N–H and O–H groups in total. The minimum atomic E-state index is -3.62. The van der Waals surface area contributed by atoms with E-state index in [-0.39, 0.29) is 12.1 Å². The van der Waals surface area contributed by atoms with Crippen LogP contribution in [0.3, 0.4) is 0 Å². The van der Waals surface area contributed by atoms with Crippen LogP contribution in [0.15, 0.2) is 41.3 Å². The van der Waals surface area contributed by atoms with Gasteiger partial charge in [0.15, 0.2) is 0 Å². The highest BCUT2D eigenvalue weighted by Gasteiger charge is 2.28. The number of aryl methyl sites for hydroxylation is 1. The molecular weight excluding hydrogens is 486 g/mol. The van der Waals surface area contributed by atoms with Gasteiger partial charge in [0.1, 0.15) is 0 Å². The summed E-state index contributed by atoms with van der Waals surface area (Å²) in [5, 5.41) is 11.6. The largest absolute Gasteiger partial charge is 0.354 e. The summed E-state index contributed by atoms with van der Waals surface area (Å²) in [6.45, 7) is 9.58. The monoisotopic (exact) mass is 525 g/mol. The van der Waals surface area contributed by atoms with Crippen LogP contribution in [0, 0.1) is 12.8 Å². The molecule has 200 valence electrons. The molecular formula is C27H39N7O2S. The van der Waals surface area contributed by atoms with Crippen LogP contribution >= 0.6 is 0 Å². The van der Waals surface area contributed by atoms with E-state index in [9.17, 15) is 8.42 Å². The van der Waals surface area contributed by atoms with Crippen LogP contribution in [-0.2, 0) is 10.0 Å². The third kappa shape index (κ3) is 7.07. The van der Waals surface area contributed by atoms with Crippen molar-refractivity contribution in [2.45, 2.75) is 76.8 Å². The number of rotatable bonds is 11. The number of nitrogens with one attached hydrogen (secondary N) is 4. The van der Waals surface area contributed by atoms with E-state index in [2.05, 4.69) is 42.5 Å². The highest BCUT2D eigenvalue weighted by atomic mass is 32.2. The van der Waals surface area contributed by atoms with Gasteiger partial charge in [-0.05, 0) is 69.7 Å². The van der Waals surface area contributed by atoms with E-state index in [0.717, 1.165) is 61.5 Å². The van der Waals surface area contributed by atoms with Gasteiger partial charge in [-0.15, -0.1) is 0 Å². The van der Waals surface area contributed by atoms with Gasteiger partial charge in [-0.1, -0.05) is 43.3 Å². The fourth-order valence-corrected chi connectivity index (χ4v) is 6.56. The van der Waals surface area contributed by atoms with Gasteiger partial charge < -0.3 is 16.0 Å². The Kier molecular flexibility index (Phi) is 8.81. The number of sulfonamides is 1. The molecule has 4 rings (SSSR count). The summed E-state index contributed by atoms with van der Waals surface area (Å²) in [5.41, 5.74) is 0.764. The van der Waals surface area contributed by atoms with E-state index in [1.54, 1.807) is 0 Å². The van der Waals surface area contributed by atoms with Crippen molar-refractivity contribution in [1.29, 1.82) is 0 Å². The van der Waals surface area contributed by atoms with Crippen LogP contribution in [0.25, 0.3) is 10.8 Å². The van der Waals surface area contributed by atoms with Crippen LogP contribution in [0.2, 0.25) is 0 Å². The molecule has 10 heteroatoms. The number of fused-ring (bicyclic) bond motifs is 1. The molecule has 3 aromatic rings. The fraction of sp³-hybridized carbons (Fsp3) is 0.519. The molecule has 1 aliphatic carbocycles. The van der Waals surface area contributed by atoms with Gasteiger partial charge in [0.25, 0.3) is 0 Å². The lowest BCUT2D eigenvalue weighted by Crippen LogP contribution is -2.38. The standard InChI is InChI=1S/C27H39N7O2S/c1-5-16-28-25-31-26(33-27(32-25)30-18(2)3)29-17-20-11-14-22(15-12-20)34-37(35,36)24-19(4)10-13-21-8-6-7-9-23(21)24/h6-10,13,18,20,22,34H,5,11-12,14-17H2,1-4H3,(H3,28,29,30,31,32,33). The second-order valence-electron chi connectivity index (χ2n) is 10.2. The Balaban J connectivity index is 1.35. The summed E-state index contributed by atoms with van der Waals surface area (Å²) in [4.78, 5) is 13.9. The molecule has 1 heterocycles. The fourth-order valence-electron chi connectivity index (χ4n) is 4.80. The number of nitrogens with zero attached hydrogens (tertiary/aromatic N) is 3. The van der Waals surface area contributed by atoms with Crippen molar-refractivity contribution in [3.05, 3.63) is 42.0 Å². The third-order valence-corrected chi connectivity index (χ3v) is 8.37. The van der Waals surface area contributed by atoms with Gasteiger partial charge in [-0.25, -0.2) is 13.1 Å². The normalized spacial score (nSPS) is 18.2. The minimum absolute atomic E-state index is 0.0662. The summed E-state index contributed by atoms with van der Waals surface area (Å²) >= 11 is 0. The van der Waals surface area contributed by atoms with E-state index < -0.39 is 10.0 Å². The highest BCUT2D eigenvalue weighted by Crippen LogP contribution is 2.29. The number of hydrogen-bond acceptors (Lipinski definition) is 8. The lowest BCUT2D eigenvalue weighted by atomic mass is 9.86. The molecule has 0 saturated heterocycles. The number of aromatic nitrogens is 3. The first kappa shape index (κ1) is 27.1. The number of hydrogen-bond donors (Lipinski definition) is 4. The van der Waals surface area contributed by atoms with Gasteiger partial charge in [0.2, 0.25) is 27.9 Å². The number of anilines is 3. The second kappa shape index (κ2) is 12.0. The summed E-state index contributed by atoms with van der Waals surface area (Å²) in [6.07, 6.45) is 4.44. The smallest absolute Gasteiger partial charge is 0.241 e. The molecule has 0 spiro atoms. The van der Waals surface area contributed by atoms with E-state index >= 15 is 0 Å². The number of benzene rings is 2. The molecule has 0 aliphatic heterocycles. The van der Waals surface area contributed by atoms with E-state index in [1.165, 1.54) is 0 Å². The van der Waals surface area contributed by atoms with Gasteiger partial charge in [-0.2, -0.15) is 15.0 Å². The molecule has 1 aromatic heterocycles.